The molecule has 0 aromatic rings. The first-order valence-electron chi connectivity index (χ1n) is 10.8. The van der Waals surface area contributed by atoms with Crippen molar-refractivity contribution in [2.24, 2.45) is 34.5 Å². The van der Waals surface area contributed by atoms with E-state index in [4.69, 9.17) is 9.84 Å². The number of Topliss-reactive ketones (excluding diaryl/α,β-unsaturated/α-hetero) is 1. The van der Waals surface area contributed by atoms with Crippen molar-refractivity contribution in [3.63, 3.8) is 0 Å². The first-order chi connectivity index (χ1) is 12.8. The molecule has 3 saturated carbocycles. The van der Waals surface area contributed by atoms with Crippen LogP contribution in [0.1, 0.15) is 72.1 Å². The van der Waals surface area contributed by atoms with Crippen molar-refractivity contribution in [2.75, 3.05) is 6.61 Å². The summed E-state index contributed by atoms with van der Waals surface area (Å²) >= 11 is 0. The lowest BCUT2D eigenvalue weighted by Gasteiger charge is -2.58. The number of hydrogen-bond acceptors (Lipinski definition) is 3. The van der Waals surface area contributed by atoms with Crippen LogP contribution < -0.4 is 0 Å². The summed E-state index contributed by atoms with van der Waals surface area (Å²) in [4.78, 5) is 23.1. The molecule has 27 heavy (non-hydrogen) atoms. The Morgan fingerprint density at radius 3 is 2.63 bits per heavy atom. The summed E-state index contributed by atoms with van der Waals surface area (Å²) in [5, 5.41) is 8.89. The van der Waals surface area contributed by atoms with Crippen LogP contribution in [0, 0.1) is 34.5 Å². The van der Waals surface area contributed by atoms with Crippen molar-refractivity contribution in [2.45, 2.75) is 78.2 Å². The van der Waals surface area contributed by atoms with Gasteiger partial charge in [-0.25, -0.2) is 4.79 Å². The molecular formula is C23H34O4. The highest BCUT2D eigenvalue weighted by atomic mass is 16.5. The van der Waals surface area contributed by atoms with Crippen LogP contribution in [0.15, 0.2) is 11.6 Å². The summed E-state index contributed by atoms with van der Waals surface area (Å²) in [7, 11) is 0. The van der Waals surface area contributed by atoms with E-state index >= 15 is 0 Å². The molecule has 3 fully saturated rings. The molecule has 0 saturated heterocycles. The summed E-state index contributed by atoms with van der Waals surface area (Å²) in [5.41, 5.74) is 1.95. The molecule has 0 aromatic heterocycles. The number of fused-ring (bicyclic) bond motifs is 5. The molecule has 7 atom stereocenters. The van der Waals surface area contributed by atoms with E-state index in [-0.39, 0.29) is 29.5 Å². The standard InChI is InChI=1S/C23H34O4/c1-14(24)18-6-7-19-17-5-4-15-12-16(27-13-21(25)26)8-10-22(15,2)20(17)9-11-23(18,19)3/h4,16-20H,5-13H2,1-3H3,(H,25,26)/t16-,17?,18+,19?,20?,22-,23+/m0/s1. The van der Waals surface area contributed by atoms with Gasteiger partial charge in [0.1, 0.15) is 12.4 Å². The van der Waals surface area contributed by atoms with E-state index in [2.05, 4.69) is 19.9 Å². The third-order valence-corrected chi connectivity index (χ3v) is 8.99. The Morgan fingerprint density at radius 1 is 1.15 bits per heavy atom. The molecular weight excluding hydrogens is 340 g/mol. The molecule has 0 amide bonds. The van der Waals surface area contributed by atoms with Crippen LogP contribution in [-0.2, 0) is 14.3 Å². The van der Waals surface area contributed by atoms with Gasteiger partial charge in [0.2, 0.25) is 0 Å². The minimum atomic E-state index is -0.881. The van der Waals surface area contributed by atoms with Crippen molar-refractivity contribution in [3.8, 4) is 0 Å². The number of carboxylic acids is 1. The lowest BCUT2D eigenvalue weighted by atomic mass is 9.47. The highest BCUT2D eigenvalue weighted by Crippen LogP contribution is 2.66. The molecule has 0 radical (unpaired) electrons. The molecule has 150 valence electrons. The van der Waals surface area contributed by atoms with E-state index in [1.54, 1.807) is 6.92 Å². The van der Waals surface area contributed by atoms with Gasteiger partial charge in [0.15, 0.2) is 0 Å². The van der Waals surface area contributed by atoms with Crippen molar-refractivity contribution in [3.05, 3.63) is 11.6 Å². The Hall–Kier alpha value is -1.16. The van der Waals surface area contributed by atoms with Crippen LogP contribution in [0.5, 0.6) is 0 Å². The third-order valence-electron chi connectivity index (χ3n) is 8.99. The quantitative estimate of drug-likeness (QED) is 0.729. The molecule has 4 heteroatoms. The second kappa shape index (κ2) is 6.72. The van der Waals surface area contributed by atoms with Crippen LogP contribution in [0.3, 0.4) is 0 Å². The molecule has 4 aliphatic carbocycles. The zero-order valence-corrected chi connectivity index (χ0v) is 17.0. The molecule has 0 aliphatic heterocycles. The number of ketones is 1. The molecule has 4 nitrogen and oxygen atoms in total. The van der Waals surface area contributed by atoms with E-state index < -0.39 is 5.97 Å². The Kier molecular flexibility index (Phi) is 4.77. The minimum absolute atomic E-state index is 0.0550. The maximum atomic E-state index is 12.2. The van der Waals surface area contributed by atoms with Gasteiger partial charge in [0.05, 0.1) is 6.10 Å². The van der Waals surface area contributed by atoms with Gasteiger partial charge in [0.25, 0.3) is 0 Å². The molecule has 4 aliphatic rings. The van der Waals surface area contributed by atoms with Gasteiger partial charge in [-0.1, -0.05) is 25.5 Å². The fourth-order valence-electron chi connectivity index (χ4n) is 7.63. The number of ether oxygens (including phenoxy) is 1. The predicted octanol–water partition coefficient (Wildman–Crippen LogP) is 4.62. The van der Waals surface area contributed by atoms with E-state index in [1.165, 1.54) is 24.8 Å². The Balaban J connectivity index is 1.54. The molecule has 3 unspecified atom stereocenters. The Bertz CT molecular complexity index is 667. The zero-order chi connectivity index (χ0) is 19.4. The first kappa shape index (κ1) is 19.2. The van der Waals surface area contributed by atoms with Gasteiger partial charge in [-0.3, -0.25) is 4.79 Å². The van der Waals surface area contributed by atoms with Gasteiger partial charge in [-0.2, -0.15) is 0 Å². The molecule has 0 bridgehead atoms. The van der Waals surface area contributed by atoms with Crippen LogP contribution in [0.4, 0.5) is 0 Å². The second-order valence-electron chi connectivity index (χ2n) is 10.1. The maximum Gasteiger partial charge on any atom is 0.329 e. The molecule has 0 heterocycles. The van der Waals surface area contributed by atoms with Crippen molar-refractivity contribution >= 4 is 11.8 Å². The maximum absolute atomic E-state index is 12.2. The summed E-state index contributed by atoms with van der Waals surface area (Å²) in [6.07, 6.45) is 11.3. The SMILES string of the molecule is CC(=O)[C@H]1CCC2C3CC=C4C[C@@H](OCC(=O)O)CC[C@]4(C)C3CC[C@@]21C. The molecule has 0 spiro atoms. The first-order valence-corrected chi connectivity index (χ1v) is 10.8. The monoisotopic (exact) mass is 374 g/mol. The van der Waals surface area contributed by atoms with Crippen molar-refractivity contribution in [1.29, 1.82) is 0 Å². The summed E-state index contributed by atoms with van der Waals surface area (Å²) in [6.45, 7) is 6.45. The number of hydrogen-bond donors (Lipinski definition) is 1. The smallest absolute Gasteiger partial charge is 0.329 e. The normalized spacial score (nSPS) is 46.0. The lowest BCUT2D eigenvalue weighted by molar-refractivity contribution is -0.145. The largest absolute Gasteiger partial charge is 0.480 e. The van der Waals surface area contributed by atoms with E-state index in [0.717, 1.165) is 32.1 Å². The number of carbonyl (C=O) groups excluding carboxylic acids is 1. The fraction of sp³-hybridized carbons (Fsp3) is 0.826. The molecule has 1 N–H and O–H groups in total. The Labute approximate surface area is 162 Å². The third kappa shape index (κ3) is 2.99. The topological polar surface area (TPSA) is 63.6 Å². The van der Waals surface area contributed by atoms with Crippen molar-refractivity contribution < 1.29 is 19.4 Å². The molecule has 0 aromatic carbocycles. The number of carbonyl (C=O) groups is 2. The van der Waals surface area contributed by atoms with Gasteiger partial charge in [0, 0.05) is 5.92 Å². The van der Waals surface area contributed by atoms with Gasteiger partial charge in [-0.05, 0) is 86.9 Å². The van der Waals surface area contributed by atoms with E-state index in [0.29, 0.717) is 23.5 Å². The molecule has 4 rings (SSSR count). The van der Waals surface area contributed by atoms with Crippen molar-refractivity contribution in [1.82, 2.24) is 0 Å². The minimum Gasteiger partial charge on any atom is -0.480 e. The van der Waals surface area contributed by atoms with Crippen LogP contribution >= 0.6 is 0 Å². The van der Waals surface area contributed by atoms with Crippen LogP contribution in [0.2, 0.25) is 0 Å². The van der Waals surface area contributed by atoms with Gasteiger partial charge in [-0.15, -0.1) is 0 Å². The average molecular weight is 375 g/mol. The predicted molar refractivity (Wildman–Crippen MR) is 103 cm³/mol. The van der Waals surface area contributed by atoms with Crippen LogP contribution in [0.25, 0.3) is 0 Å². The average Bonchev–Trinajstić information content (AvgIpc) is 2.97. The summed E-state index contributed by atoms with van der Waals surface area (Å²) in [5.74, 6) is 1.88. The van der Waals surface area contributed by atoms with E-state index in [9.17, 15) is 9.59 Å². The summed E-state index contributed by atoms with van der Waals surface area (Å²) < 4.78 is 5.62. The number of aliphatic carboxylic acids is 1. The lowest BCUT2D eigenvalue weighted by Crippen LogP contribution is -2.51. The van der Waals surface area contributed by atoms with Crippen LogP contribution in [-0.4, -0.2) is 29.6 Å². The summed E-state index contributed by atoms with van der Waals surface area (Å²) in [6, 6.07) is 0. The number of carboxylic acid groups (broad SMARTS) is 1. The van der Waals surface area contributed by atoms with E-state index in [1.807, 2.05) is 0 Å². The Morgan fingerprint density at radius 2 is 1.93 bits per heavy atom. The van der Waals surface area contributed by atoms with Gasteiger partial charge < -0.3 is 9.84 Å². The highest BCUT2D eigenvalue weighted by Gasteiger charge is 2.59. The number of allylic oxidation sites excluding steroid dienone is 1. The fourth-order valence-corrected chi connectivity index (χ4v) is 7.63. The highest BCUT2D eigenvalue weighted by molar-refractivity contribution is 5.79. The zero-order valence-electron chi connectivity index (χ0n) is 17.0. The van der Waals surface area contributed by atoms with Gasteiger partial charge >= 0.3 is 5.97 Å². The second-order valence-corrected chi connectivity index (χ2v) is 10.1. The number of rotatable bonds is 4.